The molecule has 21 heavy (non-hydrogen) atoms. The van der Waals surface area contributed by atoms with Crippen LogP contribution >= 0.6 is 15.9 Å². The number of halogens is 1. The number of anilines is 1. The summed E-state index contributed by atoms with van der Waals surface area (Å²) in [5, 5.41) is 0. The summed E-state index contributed by atoms with van der Waals surface area (Å²) < 4.78 is 1.10. The molecule has 2 aromatic rings. The van der Waals surface area contributed by atoms with Crippen LogP contribution in [-0.2, 0) is 13.1 Å². The molecule has 2 rings (SSSR count). The zero-order valence-corrected chi connectivity index (χ0v) is 14.3. The normalized spacial score (nSPS) is 11.0. The minimum atomic E-state index is 0.304. The average molecular weight is 349 g/mol. The number of benzene rings is 1. The maximum atomic E-state index is 5.85. The molecule has 0 saturated carbocycles. The first-order chi connectivity index (χ1) is 10.0. The van der Waals surface area contributed by atoms with Crippen molar-refractivity contribution in [3.8, 4) is 0 Å². The second-order valence-corrected chi connectivity index (χ2v) is 6.22. The Morgan fingerprint density at radius 1 is 1.29 bits per heavy atom. The van der Waals surface area contributed by atoms with E-state index in [9.17, 15) is 0 Å². The third-order valence-corrected chi connectivity index (χ3v) is 4.12. The molecule has 0 saturated heterocycles. The van der Waals surface area contributed by atoms with Crippen molar-refractivity contribution in [3.63, 3.8) is 0 Å². The van der Waals surface area contributed by atoms with Gasteiger partial charge in [-0.1, -0.05) is 48.0 Å². The molecule has 2 N–H and O–H groups in total. The molecule has 5 heteroatoms. The number of rotatable bonds is 5. The van der Waals surface area contributed by atoms with Crippen molar-refractivity contribution in [3.05, 3.63) is 52.0 Å². The highest BCUT2D eigenvalue weighted by Gasteiger charge is 2.13. The van der Waals surface area contributed by atoms with Gasteiger partial charge in [-0.3, -0.25) is 0 Å². The van der Waals surface area contributed by atoms with Crippen LogP contribution in [0.15, 0.2) is 34.9 Å². The lowest BCUT2D eigenvalue weighted by atomic mass is 10.2. The van der Waals surface area contributed by atoms with Crippen molar-refractivity contribution < 1.29 is 0 Å². The molecule has 0 bridgehead atoms. The van der Waals surface area contributed by atoms with Crippen LogP contribution in [0.3, 0.4) is 0 Å². The molecule has 0 unspecified atom stereocenters. The largest absolute Gasteiger partial charge is 0.367 e. The number of aromatic nitrogens is 2. The van der Waals surface area contributed by atoms with Crippen molar-refractivity contribution in [2.45, 2.75) is 32.9 Å². The maximum absolute atomic E-state index is 5.85. The van der Waals surface area contributed by atoms with E-state index in [1.165, 1.54) is 5.56 Å². The van der Waals surface area contributed by atoms with Gasteiger partial charge in [-0.2, -0.15) is 0 Å². The van der Waals surface area contributed by atoms with E-state index in [4.69, 9.17) is 5.73 Å². The quantitative estimate of drug-likeness (QED) is 0.898. The Balaban J connectivity index is 2.26. The van der Waals surface area contributed by atoms with E-state index in [0.717, 1.165) is 28.2 Å². The third kappa shape index (κ3) is 3.80. The summed E-state index contributed by atoms with van der Waals surface area (Å²) in [7, 11) is 2.03. The number of hydrogen-bond donors (Lipinski definition) is 1. The molecule has 1 aromatic heterocycles. The number of hydrogen-bond acceptors (Lipinski definition) is 4. The van der Waals surface area contributed by atoms with E-state index in [-0.39, 0.29) is 0 Å². The topological polar surface area (TPSA) is 55.0 Å². The van der Waals surface area contributed by atoms with E-state index < -0.39 is 0 Å². The summed E-state index contributed by atoms with van der Waals surface area (Å²) in [5.74, 6) is 1.14. The fourth-order valence-corrected chi connectivity index (χ4v) is 2.55. The van der Waals surface area contributed by atoms with Crippen molar-refractivity contribution in [2.24, 2.45) is 5.73 Å². The van der Waals surface area contributed by atoms with Crippen LogP contribution < -0.4 is 10.6 Å². The summed E-state index contributed by atoms with van der Waals surface area (Å²) in [5.41, 5.74) is 8.95. The van der Waals surface area contributed by atoms with Crippen LogP contribution in [0.4, 0.5) is 5.69 Å². The van der Waals surface area contributed by atoms with E-state index >= 15 is 0 Å². The SMILES string of the molecule is CC(C)c1ncc(N(C)Cc2ccccc2Br)c(CN)n1. The monoisotopic (exact) mass is 348 g/mol. The molecular formula is C16H21BrN4. The minimum absolute atomic E-state index is 0.304. The fraction of sp³-hybridized carbons (Fsp3) is 0.375. The molecule has 0 aliphatic carbocycles. The number of nitrogens with two attached hydrogens (primary N) is 1. The predicted molar refractivity (Wildman–Crippen MR) is 90.3 cm³/mol. The first-order valence-electron chi connectivity index (χ1n) is 7.03. The van der Waals surface area contributed by atoms with Crippen LogP contribution in [0.5, 0.6) is 0 Å². The van der Waals surface area contributed by atoms with Crippen LogP contribution in [0.2, 0.25) is 0 Å². The molecule has 4 nitrogen and oxygen atoms in total. The van der Waals surface area contributed by atoms with Crippen LogP contribution in [0.25, 0.3) is 0 Å². The Kier molecular flexibility index (Phi) is 5.31. The molecule has 112 valence electrons. The van der Waals surface area contributed by atoms with Gasteiger partial charge in [0, 0.05) is 30.5 Å². The van der Waals surface area contributed by atoms with Gasteiger partial charge in [0.2, 0.25) is 0 Å². The van der Waals surface area contributed by atoms with Gasteiger partial charge in [-0.05, 0) is 11.6 Å². The van der Waals surface area contributed by atoms with Gasteiger partial charge in [0.15, 0.2) is 0 Å². The smallest absolute Gasteiger partial charge is 0.131 e. The Morgan fingerprint density at radius 3 is 2.62 bits per heavy atom. The lowest BCUT2D eigenvalue weighted by Gasteiger charge is -2.22. The first kappa shape index (κ1) is 15.9. The number of nitrogens with zero attached hydrogens (tertiary/aromatic N) is 3. The first-order valence-corrected chi connectivity index (χ1v) is 7.82. The standard InChI is InChI=1S/C16H21BrN4/c1-11(2)16-19-9-15(14(8-18)20-16)21(3)10-12-6-4-5-7-13(12)17/h4-7,9,11H,8,10,18H2,1-3H3. The highest BCUT2D eigenvalue weighted by atomic mass is 79.9. The van der Waals surface area contributed by atoms with Gasteiger partial charge in [-0.15, -0.1) is 0 Å². The zero-order valence-electron chi connectivity index (χ0n) is 12.7. The Bertz CT molecular complexity index is 613. The summed E-state index contributed by atoms with van der Waals surface area (Å²) in [6.07, 6.45) is 1.88. The van der Waals surface area contributed by atoms with Crippen molar-refractivity contribution in [1.29, 1.82) is 0 Å². The van der Waals surface area contributed by atoms with Crippen molar-refractivity contribution >= 4 is 21.6 Å². The lowest BCUT2D eigenvalue weighted by Crippen LogP contribution is -2.21. The average Bonchev–Trinajstić information content (AvgIpc) is 2.48. The highest BCUT2D eigenvalue weighted by Crippen LogP contribution is 2.23. The third-order valence-electron chi connectivity index (χ3n) is 3.35. The molecule has 0 radical (unpaired) electrons. The summed E-state index contributed by atoms with van der Waals surface area (Å²) in [4.78, 5) is 11.2. The predicted octanol–water partition coefficient (Wildman–Crippen LogP) is 3.46. The molecule has 0 amide bonds. The molecule has 0 aliphatic rings. The van der Waals surface area contributed by atoms with Gasteiger partial charge in [0.05, 0.1) is 17.6 Å². The second kappa shape index (κ2) is 7.00. The van der Waals surface area contributed by atoms with E-state index in [1.54, 1.807) is 0 Å². The Morgan fingerprint density at radius 2 is 2.00 bits per heavy atom. The van der Waals surface area contributed by atoms with Gasteiger partial charge in [-0.25, -0.2) is 9.97 Å². The Labute approximate surface area is 134 Å². The zero-order chi connectivity index (χ0) is 15.4. The van der Waals surface area contributed by atoms with Crippen LogP contribution in [0.1, 0.15) is 36.8 Å². The van der Waals surface area contributed by atoms with Crippen molar-refractivity contribution in [2.75, 3.05) is 11.9 Å². The summed E-state index contributed by atoms with van der Waals surface area (Å²) in [6.45, 7) is 5.36. The van der Waals surface area contributed by atoms with Crippen LogP contribution in [0, 0.1) is 0 Å². The van der Waals surface area contributed by atoms with E-state index in [2.05, 4.69) is 50.7 Å². The van der Waals surface area contributed by atoms with Crippen molar-refractivity contribution in [1.82, 2.24) is 9.97 Å². The summed E-state index contributed by atoms with van der Waals surface area (Å²) in [6, 6.07) is 8.20. The molecule has 1 aromatic carbocycles. The van der Waals surface area contributed by atoms with Crippen LogP contribution in [-0.4, -0.2) is 17.0 Å². The molecule has 0 aliphatic heterocycles. The lowest BCUT2D eigenvalue weighted by molar-refractivity contribution is 0.748. The van der Waals surface area contributed by atoms with E-state index in [1.807, 2.05) is 31.4 Å². The molecule has 0 atom stereocenters. The second-order valence-electron chi connectivity index (χ2n) is 5.37. The molecule has 0 spiro atoms. The Hall–Kier alpha value is -1.46. The van der Waals surface area contributed by atoms with Gasteiger partial charge in [0.1, 0.15) is 5.82 Å². The van der Waals surface area contributed by atoms with Gasteiger partial charge < -0.3 is 10.6 Å². The van der Waals surface area contributed by atoms with Gasteiger partial charge >= 0.3 is 0 Å². The molecule has 1 heterocycles. The summed E-state index contributed by atoms with van der Waals surface area (Å²) >= 11 is 3.58. The molecule has 0 fully saturated rings. The minimum Gasteiger partial charge on any atom is -0.367 e. The van der Waals surface area contributed by atoms with E-state index in [0.29, 0.717) is 12.5 Å². The van der Waals surface area contributed by atoms with Gasteiger partial charge in [0.25, 0.3) is 0 Å². The molecular weight excluding hydrogens is 328 g/mol. The maximum Gasteiger partial charge on any atom is 0.131 e. The fourth-order valence-electron chi connectivity index (χ4n) is 2.14. The highest BCUT2D eigenvalue weighted by molar-refractivity contribution is 9.10.